The number of halogens is 1. The normalized spacial score (nSPS) is 11.2. The molecule has 0 atom stereocenters. The molecule has 3 rings (SSSR count). The highest BCUT2D eigenvalue weighted by atomic mass is 35.5. The van der Waals surface area contributed by atoms with Crippen LogP contribution in [0.4, 0.5) is 11.4 Å². The molecule has 0 aromatic heterocycles. The van der Waals surface area contributed by atoms with Gasteiger partial charge >= 0.3 is 0 Å². The number of carbonyl (C=O) groups is 1. The van der Waals surface area contributed by atoms with Crippen LogP contribution < -0.4 is 23.9 Å². The number of hydrogen-bond donors (Lipinski definition) is 1. The molecule has 0 spiro atoms. The van der Waals surface area contributed by atoms with Gasteiger partial charge in [0.2, 0.25) is 0 Å². The Morgan fingerprint density at radius 1 is 1.05 bits per heavy atom. The second-order valence-electron chi connectivity index (χ2n) is 7.93. The zero-order chi connectivity index (χ0) is 28.7. The van der Waals surface area contributed by atoms with E-state index in [9.17, 15) is 23.3 Å². The summed E-state index contributed by atoms with van der Waals surface area (Å²) in [4.78, 5) is 23.3. The third-order valence-corrected chi connectivity index (χ3v) is 7.49. The predicted molar refractivity (Wildman–Crippen MR) is 146 cm³/mol. The Morgan fingerprint density at radius 3 is 2.41 bits per heavy atom. The first-order valence-electron chi connectivity index (χ1n) is 11.2. The van der Waals surface area contributed by atoms with E-state index >= 15 is 0 Å². The summed E-state index contributed by atoms with van der Waals surface area (Å²) in [6.45, 7) is 0.730. The lowest BCUT2D eigenvalue weighted by molar-refractivity contribution is -0.385. The van der Waals surface area contributed by atoms with Gasteiger partial charge in [-0.05, 0) is 43.3 Å². The van der Waals surface area contributed by atoms with E-state index in [1.807, 2.05) is 0 Å². The van der Waals surface area contributed by atoms with Crippen LogP contribution in [0, 0.1) is 17.0 Å². The van der Waals surface area contributed by atoms with E-state index in [1.165, 1.54) is 64.8 Å². The van der Waals surface area contributed by atoms with Crippen LogP contribution in [0.15, 0.2) is 64.6 Å². The smallest absolute Gasteiger partial charge is 0.273 e. The lowest BCUT2D eigenvalue weighted by Crippen LogP contribution is -2.39. The molecule has 0 unspecified atom stereocenters. The molecule has 39 heavy (non-hydrogen) atoms. The van der Waals surface area contributed by atoms with E-state index < -0.39 is 38.0 Å². The molecule has 0 saturated carbocycles. The van der Waals surface area contributed by atoms with Gasteiger partial charge in [-0.25, -0.2) is 13.8 Å². The Kier molecular flexibility index (Phi) is 9.33. The first-order chi connectivity index (χ1) is 18.5. The maximum absolute atomic E-state index is 13.7. The first kappa shape index (κ1) is 29.2. The maximum Gasteiger partial charge on any atom is 0.273 e. The molecule has 0 radical (unpaired) electrons. The summed E-state index contributed by atoms with van der Waals surface area (Å²) >= 11 is 6.13. The maximum atomic E-state index is 13.7. The standard InChI is InChI=1S/C25H25ClN4O8S/c1-16-5-9-20(13-21(16)30(32)33)39(34,35)29(22-11-18(26)7-10-23(22)37-3)15-25(31)28-27-14-17-6-8-19(36-2)12-24(17)38-4/h5-14H,15H2,1-4H3,(H,28,31)/b27-14-. The van der Waals surface area contributed by atoms with E-state index in [2.05, 4.69) is 10.5 Å². The second kappa shape index (κ2) is 12.5. The van der Waals surface area contributed by atoms with Gasteiger partial charge in [0.25, 0.3) is 21.6 Å². The van der Waals surface area contributed by atoms with Crippen molar-refractivity contribution in [3.8, 4) is 17.2 Å². The van der Waals surface area contributed by atoms with Crippen molar-refractivity contribution in [2.75, 3.05) is 32.2 Å². The van der Waals surface area contributed by atoms with E-state index in [-0.39, 0.29) is 22.0 Å². The van der Waals surface area contributed by atoms with Crippen LogP contribution in [-0.4, -0.2) is 53.3 Å². The van der Waals surface area contributed by atoms with Crippen LogP contribution in [0.5, 0.6) is 17.2 Å². The van der Waals surface area contributed by atoms with Crippen LogP contribution >= 0.6 is 11.6 Å². The van der Waals surface area contributed by atoms with Crippen LogP contribution in [-0.2, 0) is 14.8 Å². The summed E-state index contributed by atoms with van der Waals surface area (Å²) in [6.07, 6.45) is 1.32. The lowest BCUT2D eigenvalue weighted by atomic mass is 10.2. The first-order valence-corrected chi connectivity index (χ1v) is 13.0. The number of nitro benzene ring substituents is 1. The number of amides is 1. The zero-order valence-electron chi connectivity index (χ0n) is 21.4. The summed E-state index contributed by atoms with van der Waals surface area (Å²) in [7, 11) is -0.237. The van der Waals surface area contributed by atoms with E-state index in [4.69, 9.17) is 25.8 Å². The highest BCUT2D eigenvalue weighted by molar-refractivity contribution is 7.92. The van der Waals surface area contributed by atoms with Crippen molar-refractivity contribution < 1.29 is 32.3 Å². The molecule has 14 heteroatoms. The number of sulfonamides is 1. The Bertz CT molecular complexity index is 1530. The van der Waals surface area contributed by atoms with Crippen molar-refractivity contribution in [2.45, 2.75) is 11.8 Å². The van der Waals surface area contributed by atoms with Crippen LogP contribution in [0.3, 0.4) is 0 Å². The molecule has 0 fully saturated rings. The largest absolute Gasteiger partial charge is 0.497 e. The minimum Gasteiger partial charge on any atom is -0.497 e. The molecule has 206 valence electrons. The molecule has 0 bridgehead atoms. The zero-order valence-corrected chi connectivity index (χ0v) is 22.9. The van der Waals surface area contributed by atoms with Gasteiger partial charge in [0, 0.05) is 28.3 Å². The topological polar surface area (TPSA) is 150 Å². The van der Waals surface area contributed by atoms with Gasteiger partial charge in [0.15, 0.2) is 0 Å². The van der Waals surface area contributed by atoms with Gasteiger partial charge in [-0.3, -0.25) is 19.2 Å². The van der Waals surface area contributed by atoms with Gasteiger partial charge in [-0.2, -0.15) is 5.10 Å². The number of rotatable bonds is 11. The van der Waals surface area contributed by atoms with Crippen molar-refractivity contribution in [1.82, 2.24) is 5.43 Å². The Labute approximate surface area is 229 Å². The number of benzene rings is 3. The van der Waals surface area contributed by atoms with Crippen LogP contribution in [0.25, 0.3) is 0 Å². The molecule has 0 aliphatic heterocycles. The predicted octanol–water partition coefficient (Wildman–Crippen LogP) is 3.93. The SMILES string of the molecule is COc1ccc(/C=N\NC(=O)CN(c2cc(Cl)ccc2OC)S(=O)(=O)c2ccc(C)c([N+](=O)[O-])c2)c(OC)c1. The molecule has 0 heterocycles. The number of carbonyl (C=O) groups excluding carboxylic acids is 1. The molecule has 0 saturated heterocycles. The summed E-state index contributed by atoms with van der Waals surface area (Å²) in [5, 5.41) is 15.5. The minimum absolute atomic E-state index is 0.0517. The lowest BCUT2D eigenvalue weighted by Gasteiger charge is -2.25. The summed E-state index contributed by atoms with van der Waals surface area (Å²) in [5.41, 5.74) is 2.63. The molecule has 3 aromatic rings. The number of nitrogens with zero attached hydrogens (tertiary/aromatic N) is 3. The minimum atomic E-state index is -4.52. The Morgan fingerprint density at radius 2 is 1.77 bits per heavy atom. The van der Waals surface area contributed by atoms with E-state index in [1.54, 1.807) is 18.2 Å². The number of hydrazone groups is 1. The number of ether oxygens (including phenoxy) is 3. The van der Waals surface area contributed by atoms with Crippen molar-refractivity contribution in [2.24, 2.45) is 5.10 Å². The summed E-state index contributed by atoms with van der Waals surface area (Å²) in [5.74, 6) is 0.275. The third-order valence-electron chi connectivity index (χ3n) is 5.50. The number of nitro groups is 1. The summed E-state index contributed by atoms with van der Waals surface area (Å²) in [6, 6.07) is 12.6. The van der Waals surface area contributed by atoms with Crippen LogP contribution in [0.2, 0.25) is 5.02 Å². The van der Waals surface area contributed by atoms with Crippen molar-refractivity contribution in [1.29, 1.82) is 0 Å². The molecule has 12 nitrogen and oxygen atoms in total. The average molecular weight is 577 g/mol. The monoisotopic (exact) mass is 576 g/mol. The molecule has 0 aliphatic rings. The highest BCUT2D eigenvalue weighted by Crippen LogP contribution is 2.35. The molecule has 0 aliphatic carbocycles. The molecular weight excluding hydrogens is 552 g/mol. The van der Waals surface area contributed by atoms with Gasteiger partial charge in [0.05, 0.1) is 43.1 Å². The number of nitrogens with one attached hydrogen (secondary N) is 1. The fourth-order valence-corrected chi connectivity index (χ4v) is 5.11. The fourth-order valence-electron chi connectivity index (χ4n) is 3.50. The molecule has 1 amide bonds. The van der Waals surface area contributed by atoms with Crippen LogP contribution in [0.1, 0.15) is 11.1 Å². The van der Waals surface area contributed by atoms with Gasteiger partial charge in [-0.1, -0.05) is 17.7 Å². The highest BCUT2D eigenvalue weighted by Gasteiger charge is 2.31. The summed E-state index contributed by atoms with van der Waals surface area (Å²) < 4.78 is 43.9. The molecular formula is C25H25ClN4O8S. The van der Waals surface area contributed by atoms with Gasteiger partial charge in [-0.15, -0.1) is 0 Å². The Hall–Kier alpha value is -4.36. The van der Waals surface area contributed by atoms with Crippen molar-refractivity contribution >= 4 is 45.1 Å². The number of aryl methyl sites for hydroxylation is 1. The number of hydrogen-bond acceptors (Lipinski definition) is 9. The van der Waals surface area contributed by atoms with Crippen molar-refractivity contribution in [3.05, 3.63) is 80.9 Å². The molecule has 1 N–H and O–H groups in total. The number of anilines is 1. The third kappa shape index (κ3) is 6.75. The number of methoxy groups -OCH3 is 3. The Balaban J connectivity index is 1.98. The van der Waals surface area contributed by atoms with Gasteiger partial charge in [0.1, 0.15) is 23.8 Å². The second-order valence-corrected chi connectivity index (χ2v) is 10.2. The van der Waals surface area contributed by atoms with E-state index in [0.717, 1.165) is 10.4 Å². The molecule has 3 aromatic carbocycles. The van der Waals surface area contributed by atoms with E-state index in [0.29, 0.717) is 17.1 Å². The fraction of sp³-hybridized carbons (Fsp3) is 0.200. The van der Waals surface area contributed by atoms with Crippen molar-refractivity contribution in [3.63, 3.8) is 0 Å². The average Bonchev–Trinajstić information content (AvgIpc) is 2.91. The quantitative estimate of drug-likeness (QED) is 0.205. The van der Waals surface area contributed by atoms with Gasteiger partial charge < -0.3 is 14.2 Å².